The molecule has 122 valence electrons. The van der Waals surface area contributed by atoms with Gasteiger partial charge in [0.25, 0.3) is 5.91 Å². The zero-order valence-corrected chi connectivity index (χ0v) is 13.6. The standard InChI is InChI=1S/C19H18N2O3/c1-12-3-4-13(2)16(11-12)20-19(24)14-5-7-15(8-6-14)21-17(22)9-10-18(21)23/h3-8,11H,9-10H2,1-2H3,(H,20,24). The van der Waals surface area contributed by atoms with Gasteiger partial charge >= 0.3 is 0 Å². The maximum absolute atomic E-state index is 12.4. The number of benzene rings is 2. The Morgan fingerprint density at radius 1 is 0.958 bits per heavy atom. The number of hydrogen-bond donors (Lipinski definition) is 1. The molecule has 1 aliphatic heterocycles. The third kappa shape index (κ3) is 3.06. The summed E-state index contributed by atoms with van der Waals surface area (Å²) in [6.07, 6.45) is 0.488. The number of rotatable bonds is 3. The van der Waals surface area contributed by atoms with E-state index in [0.29, 0.717) is 11.3 Å². The van der Waals surface area contributed by atoms with Crippen LogP contribution in [0.2, 0.25) is 0 Å². The summed E-state index contributed by atoms with van der Waals surface area (Å²) in [6, 6.07) is 12.4. The van der Waals surface area contributed by atoms with E-state index in [4.69, 9.17) is 0 Å². The minimum Gasteiger partial charge on any atom is -0.322 e. The number of nitrogens with zero attached hydrogens (tertiary/aromatic N) is 1. The summed E-state index contributed by atoms with van der Waals surface area (Å²) in [5.41, 5.74) is 3.80. The number of carbonyl (C=O) groups is 3. The largest absolute Gasteiger partial charge is 0.322 e. The van der Waals surface area contributed by atoms with Crippen LogP contribution in [0.5, 0.6) is 0 Å². The van der Waals surface area contributed by atoms with Crippen LogP contribution in [0.3, 0.4) is 0 Å². The van der Waals surface area contributed by atoms with Gasteiger partial charge in [-0.25, -0.2) is 0 Å². The molecular formula is C19H18N2O3. The number of anilines is 2. The molecule has 24 heavy (non-hydrogen) atoms. The Balaban J connectivity index is 1.78. The Morgan fingerprint density at radius 3 is 2.21 bits per heavy atom. The van der Waals surface area contributed by atoms with Crippen molar-refractivity contribution in [1.82, 2.24) is 0 Å². The first-order chi connectivity index (χ1) is 11.5. The van der Waals surface area contributed by atoms with Gasteiger partial charge in [0.05, 0.1) is 5.69 Å². The topological polar surface area (TPSA) is 66.5 Å². The lowest BCUT2D eigenvalue weighted by molar-refractivity contribution is -0.121. The zero-order chi connectivity index (χ0) is 17.3. The molecule has 3 amide bonds. The quantitative estimate of drug-likeness (QED) is 0.882. The van der Waals surface area contributed by atoms with Gasteiger partial charge in [-0.15, -0.1) is 0 Å². The Morgan fingerprint density at radius 2 is 1.58 bits per heavy atom. The van der Waals surface area contributed by atoms with Gasteiger partial charge in [0.15, 0.2) is 0 Å². The Bertz CT molecular complexity index is 809. The summed E-state index contributed by atoms with van der Waals surface area (Å²) in [4.78, 5) is 37.0. The lowest BCUT2D eigenvalue weighted by Gasteiger charge is -2.14. The van der Waals surface area contributed by atoms with Crippen molar-refractivity contribution in [3.05, 3.63) is 59.2 Å². The molecule has 3 rings (SSSR count). The van der Waals surface area contributed by atoms with Crippen molar-refractivity contribution in [1.29, 1.82) is 0 Å². The summed E-state index contributed by atoms with van der Waals surface area (Å²) >= 11 is 0. The molecule has 1 N–H and O–H groups in total. The molecule has 0 bridgehead atoms. The Hall–Kier alpha value is -2.95. The molecule has 0 aliphatic carbocycles. The molecule has 1 fully saturated rings. The highest BCUT2D eigenvalue weighted by Gasteiger charge is 2.30. The zero-order valence-electron chi connectivity index (χ0n) is 13.6. The van der Waals surface area contributed by atoms with Gasteiger partial charge in [-0.2, -0.15) is 0 Å². The number of imide groups is 1. The molecule has 1 heterocycles. The lowest BCUT2D eigenvalue weighted by Crippen LogP contribution is -2.28. The highest BCUT2D eigenvalue weighted by molar-refractivity contribution is 6.20. The predicted octanol–water partition coefficient (Wildman–Crippen LogP) is 3.21. The van der Waals surface area contributed by atoms with Gasteiger partial charge in [0.2, 0.25) is 11.8 Å². The van der Waals surface area contributed by atoms with Gasteiger partial charge in [-0.1, -0.05) is 12.1 Å². The van der Waals surface area contributed by atoms with Gasteiger partial charge < -0.3 is 5.32 Å². The van der Waals surface area contributed by atoms with Gasteiger partial charge in [0, 0.05) is 24.1 Å². The van der Waals surface area contributed by atoms with Crippen LogP contribution < -0.4 is 10.2 Å². The van der Waals surface area contributed by atoms with Crippen molar-refractivity contribution >= 4 is 29.1 Å². The second-order valence-electron chi connectivity index (χ2n) is 5.94. The molecule has 5 nitrogen and oxygen atoms in total. The van der Waals surface area contributed by atoms with Gasteiger partial charge in [0.1, 0.15) is 0 Å². The maximum Gasteiger partial charge on any atom is 0.255 e. The Labute approximate surface area is 140 Å². The minimum atomic E-state index is -0.227. The summed E-state index contributed by atoms with van der Waals surface area (Å²) in [5.74, 6) is -0.630. The predicted molar refractivity (Wildman–Crippen MR) is 92.0 cm³/mol. The highest BCUT2D eigenvalue weighted by atomic mass is 16.2. The van der Waals surface area contributed by atoms with Crippen LogP contribution in [-0.4, -0.2) is 17.7 Å². The summed E-state index contributed by atoms with van der Waals surface area (Å²) in [5, 5.41) is 2.89. The van der Waals surface area contributed by atoms with Crippen molar-refractivity contribution in [2.24, 2.45) is 0 Å². The molecule has 0 radical (unpaired) electrons. The fourth-order valence-corrected chi connectivity index (χ4v) is 2.69. The van der Waals surface area contributed by atoms with Gasteiger partial charge in [-0.05, 0) is 55.3 Å². The molecule has 0 atom stereocenters. The van der Waals surface area contributed by atoms with Crippen LogP contribution in [0.15, 0.2) is 42.5 Å². The molecule has 5 heteroatoms. The van der Waals surface area contributed by atoms with Crippen LogP contribution in [-0.2, 0) is 9.59 Å². The van der Waals surface area contributed by atoms with Crippen molar-refractivity contribution in [3.63, 3.8) is 0 Å². The van der Waals surface area contributed by atoms with Crippen molar-refractivity contribution in [3.8, 4) is 0 Å². The second-order valence-corrected chi connectivity index (χ2v) is 5.94. The first-order valence-corrected chi connectivity index (χ1v) is 7.80. The fraction of sp³-hybridized carbons (Fsp3) is 0.211. The van der Waals surface area contributed by atoms with E-state index in [1.165, 1.54) is 4.90 Å². The van der Waals surface area contributed by atoms with Crippen LogP contribution in [0.1, 0.15) is 34.3 Å². The van der Waals surface area contributed by atoms with E-state index < -0.39 is 0 Å². The molecule has 0 unspecified atom stereocenters. The van der Waals surface area contributed by atoms with Crippen LogP contribution in [0, 0.1) is 13.8 Å². The minimum absolute atomic E-state index is 0.201. The SMILES string of the molecule is Cc1ccc(C)c(NC(=O)c2ccc(N3C(=O)CCC3=O)cc2)c1. The molecule has 2 aromatic carbocycles. The first kappa shape index (κ1) is 15.9. The van der Waals surface area contributed by atoms with E-state index in [0.717, 1.165) is 16.8 Å². The van der Waals surface area contributed by atoms with E-state index in [1.807, 2.05) is 32.0 Å². The second kappa shape index (κ2) is 6.28. The Kier molecular flexibility index (Phi) is 4.16. The molecular weight excluding hydrogens is 304 g/mol. The molecule has 0 saturated carbocycles. The first-order valence-electron chi connectivity index (χ1n) is 7.80. The van der Waals surface area contributed by atoms with Crippen molar-refractivity contribution < 1.29 is 14.4 Å². The number of amides is 3. The molecule has 1 saturated heterocycles. The van der Waals surface area contributed by atoms with E-state index in [9.17, 15) is 14.4 Å². The lowest BCUT2D eigenvalue weighted by atomic mass is 10.1. The number of nitrogens with one attached hydrogen (secondary N) is 1. The number of hydrogen-bond acceptors (Lipinski definition) is 3. The summed E-state index contributed by atoms with van der Waals surface area (Å²) in [7, 11) is 0. The highest BCUT2D eigenvalue weighted by Crippen LogP contribution is 2.23. The number of aryl methyl sites for hydroxylation is 2. The smallest absolute Gasteiger partial charge is 0.255 e. The molecule has 2 aromatic rings. The van der Waals surface area contributed by atoms with Crippen LogP contribution in [0.25, 0.3) is 0 Å². The van der Waals surface area contributed by atoms with E-state index >= 15 is 0 Å². The number of carbonyl (C=O) groups excluding carboxylic acids is 3. The van der Waals surface area contributed by atoms with Crippen molar-refractivity contribution in [2.45, 2.75) is 26.7 Å². The normalized spacial score (nSPS) is 14.2. The van der Waals surface area contributed by atoms with Crippen LogP contribution >= 0.6 is 0 Å². The molecule has 1 aliphatic rings. The third-order valence-corrected chi connectivity index (χ3v) is 4.08. The summed E-state index contributed by atoms with van der Waals surface area (Å²) in [6.45, 7) is 3.90. The summed E-state index contributed by atoms with van der Waals surface area (Å²) < 4.78 is 0. The van der Waals surface area contributed by atoms with E-state index in [2.05, 4.69) is 5.32 Å². The fourth-order valence-electron chi connectivity index (χ4n) is 2.69. The van der Waals surface area contributed by atoms with E-state index in [1.54, 1.807) is 24.3 Å². The average Bonchev–Trinajstić information content (AvgIpc) is 2.90. The maximum atomic E-state index is 12.4. The molecule has 0 aromatic heterocycles. The monoisotopic (exact) mass is 322 g/mol. The van der Waals surface area contributed by atoms with Crippen LogP contribution in [0.4, 0.5) is 11.4 Å². The van der Waals surface area contributed by atoms with Gasteiger partial charge in [-0.3, -0.25) is 19.3 Å². The van der Waals surface area contributed by atoms with Crippen molar-refractivity contribution in [2.75, 3.05) is 10.2 Å². The van der Waals surface area contributed by atoms with E-state index in [-0.39, 0.29) is 30.6 Å². The third-order valence-electron chi connectivity index (χ3n) is 4.08. The average molecular weight is 322 g/mol. The molecule has 0 spiro atoms.